The van der Waals surface area contributed by atoms with Gasteiger partial charge in [-0.15, -0.1) is 0 Å². The van der Waals surface area contributed by atoms with Crippen molar-refractivity contribution in [1.29, 1.82) is 0 Å². The first-order valence-corrected chi connectivity index (χ1v) is 8.24. The lowest BCUT2D eigenvalue weighted by Gasteiger charge is -2.20. The van der Waals surface area contributed by atoms with Crippen LogP contribution in [0.2, 0.25) is 0 Å². The molecule has 1 N–H and O–H groups in total. The van der Waals surface area contributed by atoms with E-state index in [1.54, 1.807) is 27.4 Å². The van der Waals surface area contributed by atoms with Crippen molar-refractivity contribution in [3.8, 4) is 39.9 Å². The van der Waals surface area contributed by atoms with Crippen LogP contribution < -0.4 is 23.7 Å². The van der Waals surface area contributed by atoms with Gasteiger partial charge in [-0.25, -0.2) is 0 Å². The summed E-state index contributed by atoms with van der Waals surface area (Å²) in [4.78, 5) is 0. The first kappa shape index (κ1) is 17.0. The predicted octanol–water partition coefficient (Wildman–Crippen LogP) is 3.21. The lowest BCUT2D eigenvalue weighted by Crippen LogP contribution is -2.02. The van der Waals surface area contributed by atoms with E-state index in [2.05, 4.69) is 22.6 Å². The van der Waals surface area contributed by atoms with Gasteiger partial charge in [0.1, 0.15) is 0 Å². The molecule has 1 heterocycles. The maximum Gasteiger partial charge on any atom is 0.231 e. The number of fused-ring (bicyclic) bond motifs is 1. The molecule has 0 unspecified atom stereocenters. The molecule has 0 aliphatic carbocycles. The number of ether oxygens (including phenoxy) is 5. The number of halogens is 1. The highest BCUT2D eigenvalue weighted by Crippen LogP contribution is 2.49. The lowest BCUT2D eigenvalue weighted by molar-refractivity contribution is 0.174. The number of aliphatic hydroxyl groups excluding tert-OH is 1. The van der Waals surface area contributed by atoms with E-state index < -0.39 is 0 Å². The van der Waals surface area contributed by atoms with Crippen LogP contribution in [0.25, 0.3) is 11.1 Å². The van der Waals surface area contributed by atoms with Gasteiger partial charge in [0.2, 0.25) is 12.5 Å². The molecule has 0 bridgehead atoms. The van der Waals surface area contributed by atoms with E-state index in [1.807, 2.05) is 12.1 Å². The number of rotatable bonds is 5. The zero-order chi connectivity index (χ0) is 17.3. The van der Waals surface area contributed by atoms with Crippen LogP contribution >= 0.6 is 22.6 Å². The molecule has 0 spiro atoms. The highest BCUT2D eigenvalue weighted by atomic mass is 127. The molecular weight excluding hydrogens is 427 g/mol. The molecule has 7 heteroatoms. The second kappa shape index (κ2) is 6.94. The summed E-state index contributed by atoms with van der Waals surface area (Å²) < 4.78 is 28.2. The van der Waals surface area contributed by atoms with Crippen molar-refractivity contribution in [2.45, 2.75) is 6.61 Å². The van der Waals surface area contributed by atoms with Gasteiger partial charge >= 0.3 is 0 Å². The minimum Gasteiger partial charge on any atom is -0.493 e. The minimum absolute atomic E-state index is 0.170. The van der Waals surface area contributed by atoms with Crippen LogP contribution in [-0.4, -0.2) is 33.2 Å². The number of benzene rings is 2. The molecule has 1 aliphatic heterocycles. The van der Waals surface area contributed by atoms with Gasteiger partial charge in [-0.05, 0) is 46.4 Å². The van der Waals surface area contributed by atoms with Crippen molar-refractivity contribution in [3.05, 3.63) is 27.3 Å². The summed E-state index contributed by atoms with van der Waals surface area (Å²) in [6.45, 7) is 0.0291. The van der Waals surface area contributed by atoms with E-state index in [4.69, 9.17) is 23.7 Å². The fourth-order valence-corrected chi connectivity index (χ4v) is 3.44. The number of hydrogen-bond donors (Lipinski definition) is 1. The average Bonchev–Trinajstić information content (AvgIpc) is 3.05. The van der Waals surface area contributed by atoms with E-state index in [-0.39, 0.29) is 13.4 Å². The summed E-state index contributed by atoms with van der Waals surface area (Å²) in [6, 6.07) is 5.53. The average molecular weight is 444 g/mol. The van der Waals surface area contributed by atoms with Gasteiger partial charge in [-0.3, -0.25) is 0 Å². The van der Waals surface area contributed by atoms with Gasteiger partial charge in [-0.1, -0.05) is 0 Å². The molecule has 1 aliphatic rings. The molecule has 2 aromatic carbocycles. The summed E-state index contributed by atoms with van der Waals surface area (Å²) in [7, 11) is 4.65. The molecule has 0 saturated carbocycles. The second-order valence-corrected chi connectivity index (χ2v) is 6.19. The summed E-state index contributed by atoms with van der Waals surface area (Å²) in [5.41, 5.74) is 2.27. The third-order valence-electron chi connectivity index (χ3n) is 3.81. The van der Waals surface area contributed by atoms with Gasteiger partial charge in [-0.2, -0.15) is 0 Å². The lowest BCUT2D eigenvalue weighted by atomic mass is 9.97. The Hall–Kier alpha value is -1.87. The van der Waals surface area contributed by atoms with E-state index in [0.717, 1.165) is 14.7 Å². The van der Waals surface area contributed by atoms with Crippen molar-refractivity contribution in [1.82, 2.24) is 0 Å². The SMILES string of the molecule is COc1cc(CO)c(-c2cc3c(cc2I)OCO3)c(OC)c1OC. The van der Waals surface area contributed by atoms with E-state index >= 15 is 0 Å². The molecule has 0 saturated heterocycles. The third-order valence-corrected chi connectivity index (χ3v) is 4.71. The topological polar surface area (TPSA) is 66.4 Å². The molecule has 0 aromatic heterocycles. The van der Waals surface area contributed by atoms with Crippen LogP contribution in [0, 0.1) is 3.57 Å². The van der Waals surface area contributed by atoms with E-state index in [9.17, 15) is 5.11 Å². The Morgan fingerprint density at radius 2 is 1.67 bits per heavy atom. The molecule has 0 radical (unpaired) electrons. The highest BCUT2D eigenvalue weighted by Gasteiger charge is 2.25. The molecule has 2 aromatic rings. The largest absolute Gasteiger partial charge is 0.493 e. The highest BCUT2D eigenvalue weighted by molar-refractivity contribution is 14.1. The molecule has 0 atom stereocenters. The Morgan fingerprint density at radius 3 is 2.25 bits per heavy atom. The smallest absolute Gasteiger partial charge is 0.231 e. The van der Waals surface area contributed by atoms with Crippen LogP contribution in [0.15, 0.2) is 18.2 Å². The standard InChI is InChI=1S/C17H17IO6/c1-20-14-4-9(7-19)15(17(22-3)16(14)21-2)10-5-12-13(6-11(10)18)24-8-23-12/h4-6,19H,7-8H2,1-3H3. The van der Waals surface area contributed by atoms with E-state index in [1.165, 1.54) is 0 Å². The maximum absolute atomic E-state index is 9.86. The van der Waals surface area contributed by atoms with Gasteiger partial charge < -0.3 is 28.8 Å². The molecule has 128 valence electrons. The van der Waals surface area contributed by atoms with Crippen LogP contribution in [0.1, 0.15) is 5.56 Å². The van der Waals surface area contributed by atoms with Gasteiger partial charge in [0, 0.05) is 14.7 Å². The monoisotopic (exact) mass is 444 g/mol. The zero-order valence-electron chi connectivity index (χ0n) is 13.5. The third kappa shape index (κ3) is 2.71. The number of methoxy groups -OCH3 is 3. The molecule has 6 nitrogen and oxygen atoms in total. The fourth-order valence-electron chi connectivity index (χ4n) is 2.74. The van der Waals surface area contributed by atoms with Crippen molar-refractivity contribution in [3.63, 3.8) is 0 Å². The molecule has 3 rings (SSSR count). The summed E-state index contributed by atoms with van der Waals surface area (Å²) in [6.07, 6.45) is 0. The van der Waals surface area contributed by atoms with E-state index in [0.29, 0.717) is 34.3 Å². The summed E-state index contributed by atoms with van der Waals surface area (Å²) in [5.74, 6) is 2.83. The summed E-state index contributed by atoms with van der Waals surface area (Å²) >= 11 is 2.22. The van der Waals surface area contributed by atoms with Crippen molar-refractivity contribution >= 4 is 22.6 Å². The predicted molar refractivity (Wildman–Crippen MR) is 96.3 cm³/mol. The Balaban J connectivity index is 2.31. The molecule has 24 heavy (non-hydrogen) atoms. The van der Waals surface area contributed by atoms with Crippen molar-refractivity contribution < 1.29 is 28.8 Å². The van der Waals surface area contributed by atoms with Crippen LogP contribution in [0.5, 0.6) is 28.7 Å². The van der Waals surface area contributed by atoms with Crippen LogP contribution in [0.4, 0.5) is 0 Å². The van der Waals surface area contributed by atoms with Gasteiger partial charge in [0.05, 0.1) is 27.9 Å². The Kier molecular flexibility index (Phi) is 4.91. The minimum atomic E-state index is -0.170. The number of hydrogen-bond acceptors (Lipinski definition) is 6. The Morgan fingerprint density at radius 1 is 1.00 bits per heavy atom. The fraction of sp³-hybridized carbons (Fsp3) is 0.294. The van der Waals surface area contributed by atoms with Crippen LogP contribution in [0.3, 0.4) is 0 Å². The second-order valence-electron chi connectivity index (χ2n) is 5.02. The van der Waals surface area contributed by atoms with Crippen molar-refractivity contribution in [2.24, 2.45) is 0 Å². The Labute approximate surface area is 153 Å². The zero-order valence-corrected chi connectivity index (χ0v) is 15.7. The van der Waals surface area contributed by atoms with Gasteiger partial charge in [0.25, 0.3) is 0 Å². The number of aliphatic hydroxyl groups is 1. The first-order valence-electron chi connectivity index (χ1n) is 7.16. The molecule has 0 amide bonds. The molecule has 0 fully saturated rings. The normalized spacial score (nSPS) is 12.2. The first-order chi connectivity index (χ1) is 11.6. The van der Waals surface area contributed by atoms with Crippen molar-refractivity contribution in [2.75, 3.05) is 28.1 Å². The van der Waals surface area contributed by atoms with Crippen LogP contribution in [-0.2, 0) is 6.61 Å². The Bertz CT molecular complexity index is 774. The maximum atomic E-state index is 9.86. The quantitative estimate of drug-likeness (QED) is 0.715. The summed E-state index contributed by atoms with van der Waals surface area (Å²) in [5, 5.41) is 9.86. The van der Waals surface area contributed by atoms with Gasteiger partial charge in [0.15, 0.2) is 23.0 Å². The molecular formula is C17H17IO6.